The zero-order valence-electron chi connectivity index (χ0n) is 10.1. The van der Waals surface area contributed by atoms with Gasteiger partial charge in [0.25, 0.3) is 0 Å². The molecule has 0 saturated carbocycles. The van der Waals surface area contributed by atoms with Crippen LogP contribution in [-0.2, 0) is 12.7 Å². The van der Waals surface area contributed by atoms with Crippen molar-refractivity contribution in [1.29, 1.82) is 0 Å². The number of hydrogen-bond donors (Lipinski definition) is 2. The van der Waals surface area contributed by atoms with Crippen molar-refractivity contribution < 1.29 is 18.3 Å². The summed E-state index contributed by atoms with van der Waals surface area (Å²) in [5, 5.41) is 12.3. The molecule has 1 fully saturated rings. The fraction of sp³-hybridized carbons (Fsp3) is 0.500. The first-order chi connectivity index (χ1) is 8.88. The molecule has 1 heterocycles. The Bertz CT molecular complexity index is 459. The zero-order valence-corrected chi connectivity index (χ0v) is 10.9. The summed E-state index contributed by atoms with van der Waals surface area (Å²) < 4.78 is 38.2. The lowest BCUT2D eigenvalue weighted by Crippen LogP contribution is -2.42. The van der Waals surface area contributed by atoms with Crippen molar-refractivity contribution in [3.8, 4) is 5.75 Å². The van der Waals surface area contributed by atoms with Gasteiger partial charge in [-0.15, -0.1) is 0 Å². The molecule has 7 heteroatoms. The Morgan fingerprint density at radius 1 is 1.26 bits per heavy atom. The average Bonchev–Trinajstić information content (AvgIpc) is 2.33. The highest BCUT2D eigenvalue weighted by atomic mass is 35.5. The Balaban J connectivity index is 2.23. The fourth-order valence-corrected chi connectivity index (χ4v) is 2.33. The summed E-state index contributed by atoms with van der Waals surface area (Å²) in [5.74, 6) is -0.904. The second-order valence-corrected chi connectivity index (χ2v) is 4.90. The van der Waals surface area contributed by atoms with E-state index in [0.717, 1.165) is 32.2 Å². The molecule has 1 aliphatic heterocycles. The van der Waals surface area contributed by atoms with Gasteiger partial charge in [-0.2, -0.15) is 13.2 Å². The van der Waals surface area contributed by atoms with Gasteiger partial charge in [-0.3, -0.25) is 4.90 Å². The molecule has 0 bridgehead atoms. The van der Waals surface area contributed by atoms with Crippen LogP contribution in [0.4, 0.5) is 13.2 Å². The maximum atomic E-state index is 12.7. The minimum atomic E-state index is -4.60. The van der Waals surface area contributed by atoms with Crippen LogP contribution in [0.3, 0.4) is 0 Å². The van der Waals surface area contributed by atoms with Crippen LogP contribution in [0, 0.1) is 0 Å². The average molecular weight is 295 g/mol. The van der Waals surface area contributed by atoms with E-state index in [9.17, 15) is 18.3 Å². The van der Waals surface area contributed by atoms with E-state index in [0.29, 0.717) is 12.1 Å². The first-order valence-electron chi connectivity index (χ1n) is 5.89. The lowest BCUT2D eigenvalue weighted by Gasteiger charge is -2.27. The maximum Gasteiger partial charge on any atom is 0.420 e. The van der Waals surface area contributed by atoms with Crippen molar-refractivity contribution in [1.82, 2.24) is 10.2 Å². The predicted octanol–water partition coefficient (Wildman–Crippen LogP) is 2.47. The summed E-state index contributed by atoms with van der Waals surface area (Å²) in [7, 11) is 0. The summed E-state index contributed by atoms with van der Waals surface area (Å²) in [6.07, 6.45) is -4.60. The monoisotopic (exact) mass is 294 g/mol. The summed E-state index contributed by atoms with van der Waals surface area (Å²) in [4.78, 5) is 2.04. The molecular formula is C12H14ClF3N2O. The van der Waals surface area contributed by atoms with Crippen LogP contribution in [0.25, 0.3) is 0 Å². The molecule has 0 unspecified atom stereocenters. The number of benzene rings is 1. The molecule has 1 aromatic rings. The normalized spacial score (nSPS) is 17.7. The predicted molar refractivity (Wildman–Crippen MR) is 66.3 cm³/mol. The topological polar surface area (TPSA) is 35.5 Å². The molecule has 0 atom stereocenters. The van der Waals surface area contributed by atoms with E-state index in [1.165, 1.54) is 6.07 Å². The first-order valence-corrected chi connectivity index (χ1v) is 6.27. The molecule has 2 rings (SSSR count). The summed E-state index contributed by atoms with van der Waals surface area (Å²) >= 11 is 5.66. The van der Waals surface area contributed by atoms with Gasteiger partial charge in [0.1, 0.15) is 5.75 Å². The molecule has 3 nitrogen and oxygen atoms in total. The van der Waals surface area contributed by atoms with Gasteiger partial charge in [0.15, 0.2) is 0 Å². The maximum absolute atomic E-state index is 12.7. The van der Waals surface area contributed by atoms with Gasteiger partial charge in [-0.1, -0.05) is 11.6 Å². The van der Waals surface area contributed by atoms with Gasteiger partial charge in [0, 0.05) is 32.7 Å². The largest absolute Gasteiger partial charge is 0.506 e. The summed E-state index contributed by atoms with van der Waals surface area (Å²) in [6, 6.07) is 2.34. The molecule has 0 spiro atoms. The lowest BCUT2D eigenvalue weighted by atomic mass is 10.1. The van der Waals surface area contributed by atoms with Gasteiger partial charge >= 0.3 is 6.18 Å². The molecule has 1 aromatic carbocycles. The highest BCUT2D eigenvalue weighted by Crippen LogP contribution is 2.40. The smallest absolute Gasteiger partial charge is 0.420 e. The van der Waals surface area contributed by atoms with E-state index in [1.807, 2.05) is 4.90 Å². The minimum Gasteiger partial charge on any atom is -0.506 e. The third-order valence-electron chi connectivity index (χ3n) is 3.04. The number of aromatic hydroxyl groups is 1. The standard InChI is InChI=1S/C12H14ClF3N2O/c13-10-6-8(7-18-3-1-17-2-4-18)5-9(11(10)19)12(14,15)16/h5-6,17,19H,1-4,7H2. The third kappa shape index (κ3) is 3.52. The van der Waals surface area contributed by atoms with Gasteiger partial charge < -0.3 is 10.4 Å². The Labute approximate surface area is 114 Å². The molecule has 19 heavy (non-hydrogen) atoms. The van der Waals surface area contributed by atoms with Crippen molar-refractivity contribution in [3.05, 3.63) is 28.3 Å². The quantitative estimate of drug-likeness (QED) is 0.879. The minimum absolute atomic E-state index is 0.264. The number of alkyl halides is 3. The zero-order chi connectivity index (χ0) is 14.0. The van der Waals surface area contributed by atoms with Crippen LogP contribution >= 0.6 is 11.6 Å². The number of piperazine rings is 1. The number of phenols is 1. The summed E-state index contributed by atoms with van der Waals surface area (Å²) in [5.41, 5.74) is -0.623. The van der Waals surface area contributed by atoms with E-state index < -0.39 is 17.5 Å². The van der Waals surface area contributed by atoms with Gasteiger partial charge in [-0.05, 0) is 17.7 Å². The third-order valence-corrected chi connectivity index (χ3v) is 3.33. The van der Waals surface area contributed by atoms with Crippen molar-refractivity contribution in [2.45, 2.75) is 12.7 Å². The Kier molecular flexibility index (Phi) is 4.23. The van der Waals surface area contributed by atoms with E-state index >= 15 is 0 Å². The van der Waals surface area contributed by atoms with Gasteiger partial charge in [0.2, 0.25) is 0 Å². The SMILES string of the molecule is Oc1c(Cl)cc(CN2CCNCC2)cc1C(F)(F)F. The number of halogens is 4. The van der Waals surface area contributed by atoms with Crippen molar-refractivity contribution in [2.24, 2.45) is 0 Å². The van der Waals surface area contributed by atoms with Crippen molar-refractivity contribution >= 4 is 11.6 Å². The molecular weight excluding hydrogens is 281 g/mol. The van der Waals surface area contributed by atoms with Crippen LogP contribution in [0.15, 0.2) is 12.1 Å². The van der Waals surface area contributed by atoms with E-state index in [-0.39, 0.29) is 5.02 Å². The molecule has 1 saturated heterocycles. The van der Waals surface area contributed by atoms with Crippen LogP contribution in [0.1, 0.15) is 11.1 Å². The van der Waals surface area contributed by atoms with Crippen LogP contribution < -0.4 is 5.32 Å². The van der Waals surface area contributed by atoms with E-state index in [1.54, 1.807) is 0 Å². The van der Waals surface area contributed by atoms with Crippen molar-refractivity contribution in [3.63, 3.8) is 0 Å². The van der Waals surface area contributed by atoms with Gasteiger partial charge in [-0.25, -0.2) is 0 Å². The van der Waals surface area contributed by atoms with Crippen LogP contribution in [-0.4, -0.2) is 36.2 Å². The van der Waals surface area contributed by atoms with E-state index in [4.69, 9.17) is 11.6 Å². The first kappa shape index (κ1) is 14.4. The molecule has 0 aliphatic carbocycles. The highest BCUT2D eigenvalue weighted by Gasteiger charge is 2.35. The molecule has 0 amide bonds. The van der Waals surface area contributed by atoms with Crippen molar-refractivity contribution in [2.75, 3.05) is 26.2 Å². The molecule has 1 aliphatic rings. The molecule has 2 N–H and O–H groups in total. The fourth-order valence-electron chi connectivity index (χ4n) is 2.09. The van der Waals surface area contributed by atoms with E-state index in [2.05, 4.69) is 5.32 Å². The number of phenolic OH excluding ortho intramolecular Hbond substituents is 1. The van der Waals surface area contributed by atoms with Gasteiger partial charge in [0.05, 0.1) is 10.6 Å². The summed E-state index contributed by atoms with van der Waals surface area (Å²) in [6.45, 7) is 3.58. The molecule has 106 valence electrons. The Morgan fingerprint density at radius 2 is 1.89 bits per heavy atom. The number of rotatable bonds is 2. The molecule has 0 radical (unpaired) electrons. The second-order valence-electron chi connectivity index (χ2n) is 4.50. The highest BCUT2D eigenvalue weighted by molar-refractivity contribution is 6.32. The number of nitrogens with zero attached hydrogens (tertiary/aromatic N) is 1. The number of hydrogen-bond acceptors (Lipinski definition) is 3. The number of nitrogens with one attached hydrogen (secondary N) is 1. The molecule has 0 aromatic heterocycles. The lowest BCUT2D eigenvalue weighted by molar-refractivity contribution is -0.138. The van der Waals surface area contributed by atoms with Crippen LogP contribution in [0.2, 0.25) is 5.02 Å². The Hall–Kier alpha value is -0.980. The second kappa shape index (κ2) is 5.56. The van der Waals surface area contributed by atoms with Crippen LogP contribution in [0.5, 0.6) is 5.75 Å². The Morgan fingerprint density at radius 3 is 2.47 bits per heavy atom.